The second-order valence-corrected chi connectivity index (χ2v) is 3.76. The van der Waals surface area contributed by atoms with Crippen LogP contribution in [0.4, 0.5) is 4.39 Å². The molecule has 0 unspecified atom stereocenters. The van der Waals surface area contributed by atoms with Gasteiger partial charge in [0.15, 0.2) is 0 Å². The van der Waals surface area contributed by atoms with Gasteiger partial charge in [0.25, 0.3) is 0 Å². The highest BCUT2D eigenvalue weighted by Crippen LogP contribution is 2.15. The van der Waals surface area contributed by atoms with E-state index < -0.39 is 5.82 Å². The SMILES string of the molecule is O=C(CCCO)NCc1ccc(F)c(Cl)c1. The second-order valence-electron chi connectivity index (χ2n) is 3.35. The molecular weight excluding hydrogens is 233 g/mol. The summed E-state index contributed by atoms with van der Waals surface area (Å²) in [6.07, 6.45) is 0.724. The number of rotatable bonds is 5. The van der Waals surface area contributed by atoms with Gasteiger partial charge in [-0.3, -0.25) is 4.79 Å². The summed E-state index contributed by atoms with van der Waals surface area (Å²) < 4.78 is 12.8. The van der Waals surface area contributed by atoms with Crippen LogP contribution in [-0.4, -0.2) is 17.6 Å². The third-order valence-corrected chi connectivity index (χ3v) is 2.33. The van der Waals surface area contributed by atoms with Crippen molar-refractivity contribution in [3.05, 3.63) is 34.6 Å². The smallest absolute Gasteiger partial charge is 0.220 e. The zero-order valence-corrected chi connectivity index (χ0v) is 9.43. The van der Waals surface area contributed by atoms with Crippen molar-refractivity contribution in [2.24, 2.45) is 0 Å². The minimum Gasteiger partial charge on any atom is -0.396 e. The van der Waals surface area contributed by atoms with E-state index in [1.165, 1.54) is 12.1 Å². The van der Waals surface area contributed by atoms with Crippen molar-refractivity contribution in [1.82, 2.24) is 5.32 Å². The number of aliphatic hydroxyl groups excluding tert-OH is 1. The summed E-state index contributed by atoms with van der Waals surface area (Å²) in [5.41, 5.74) is 0.740. The maximum absolute atomic E-state index is 12.8. The van der Waals surface area contributed by atoms with Gasteiger partial charge < -0.3 is 10.4 Å². The summed E-state index contributed by atoms with van der Waals surface area (Å²) >= 11 is 5.59. The average molecular weight is 246 g/mol. The number of halogens is 2. The quantitative estimate of drug-likeness (QED) is 0.832. The number of amides is 1. The average Bonchev–Trinajstić information content (AvgIpc) is 2.28. The van der Waals surface area contributed by atoms with Crippen LogP contribution < -0.4 is 5.32 Å². The van der Waals surface area contributed by atoms with Gasteiger partial charge in [0.05, 0.1) is 5.02 Å². The predicted molar refractivity (Wildman–Crippen MR) is 59.6 cm³/mol. The molecular formula is C11H13ClFNO2. The number of benzene rings is 1. The highest BCUT2D eigenvalue weighted by Gasteiger charge is 2.03. The molecule has 0 saturated heterocycles. The summed E-state index contributed by atoms with van der Waals surface area (Å²) in [6.45, 7) is 0.306. The van der Waals surface area contributed by atoms with E-state index in [0.29, 0.717) is 13.0 Å². The Morgan fingerprint density at radius 2 is 2.25 bits per heavy atom. The summed E-state index contributed by atoms with van der Waals surface area (Å²) in [5.74, 6) is -0.619. The van der Waals surface area contributed by atoms with E-state index in [-0.39, 0.29) is 24.0 Å². The monoisotopic (exact) mass is 245 g/mol. The van der Waals surface area contributed by atoms with E-state index in [1.807, 2.05) is 0 Å². The van der Waals surface area contributed by atoms with Gasteiger partial charge >= 0.3 is 0 Å². The first-order valence-electron chi connectivity index (χ1n) is 4.95. The summed E-state index contributed by atoms with van der Waals surface area (Å²) in [6, 6.07) is 4.30. The number of carbonyl (C=O) groups excluding carboxylic acids is 1. The number of hydrogen-bond donors (Lipinski definition) is 2. The van der Waals surface area contributed by atoms with Crippen LogP contribution in [0.2, 0.25) is 5.02 Å². The van der Waals surface area contributed by atoms with Crippen LogP contribution in [0.5, 0.6) is 0 Å². The van der Waals surface area contributed by atoms with Crippen LogP contribution in [0.15, 0.2) is 18.2 Å². The molecule has 1 amide bonds. The Labute approximate surface area is 98.2 Å². The van der Waals surface area contributed by atoms with Gasteiger partial charge in [-0.25, -0.2) is 4.39 Å². The van der Waals surface area contributed by atoms with Gasteiger partial charge in [-0.2, -0.15) is 0 Å². The molecule has 2 N–H and O–H groups in total. The molecule has 0 fully saturated rings. The van der Waals surface area contributed by atoms with Gasteiger partial charge in [-0.05, 0) is 24.1 Å². The topological polar surface area (TPSA) is 49.3 Å². The summed E-state index contributed by atoms with van der Waals surface area (Å²) in [5, 5.41) is 11.2. The highest BCUT2D eigenvalue weighted by atomic mass is 35.5. The highest BCUT2D eigenvalue weighted by molar-refractivity contribution is 6.30. The lowest BCUT2D eigenvalue weighted by Gasteiger charge is -2.05. The zero-order chi connectivity index (χ0) is 12.0. The van der Waals surface area contributed by atoms with Crippen molar-refractivity contribution in [1.29, 1.82) is 0 Å². The zero-order valence-electron chi connectivity index (χ0n) is 8.67. The Balaban J connectivity index is 2.42. The molecule has 0 atom stereocenters. The standard InChI is InChI=1S/C11H13ClFNO2/c12-9-6-8(3-4-10(9)13)7-14-11(16)2-1-5-15/h3-4,6,15H,1-2,5,7H2,(H,14,16). The third kappa shape index (κ3) is 4.16. The lowest BCUT2D eigenvalue weighted by atomic mass is 10.2. The fraction of sp³-hybridized carbons (Fsp3) is 0.364. The molecule has 0 radical (unpaired) electrons. The molecule has 0 saturated carbocycles. The maximum Gasteiger partial charge on any atom is 0.220 e. The molecule has 88 valence electrons. The maximum atomic E-state index is 12.8. The van der Waals surface area contributed by atoms with Crippen LogP contribution in [-0.2, 0) is 11.3 Å². The number of aliphatic hydroxyl groups is 1. The molecule has 3 nitrogen and oxygen atoms in total. The van der Waals surface area contributed by atoms with E-state index in [0.717, 1.165) is 5.56 Å². The van der Waals surface area contributed by atoms with Crippen LogP contribution in [0.3, 0.4) is 0 Å². The molecule has 16 heavy (non-hydrogen) atoms. The normalized spacial score (nSPS) is 10.2. The van der Waals surface area contributed by atoms with Crippen molar-refractivity contribution in [2.45, 2.75) is 19.4 Å². The van der Waals surface area contributed by atoms with Crippen LogP contribution in [0.25, 0.3) is 0 Å². The Hall–Kier alpha value is -1.13. The van der Waals surface area contributed by atoms with E-state index >= 15 is 0 Å². The van der Waals surface area contributed by atoms with Gasteiger partial charge in [0.1, 0.15) is 5.82 Å². The van der Waals surface area contributed by atoms with E-state index in [4.69, 9.17) is 16.7 Å². The molecule has 0 heterocycles. The summed E-state index contributed by atoms with van der Waals surface area (Å²) in [4.78, 5) is 11.2. The molecule has 0 bridgehead atoms. The first kappa shape index (κ1) is 12.9. The Kier molecular flexibility index (Phi) is 5.22. The number of nitrogens with one attached hydrogen (secondary N) is 1. The van der Waals surface area contributed by atoms with E-state index in [9.17, 15) is 9.18 Å². The van der Waals surface area contributed by atoms with E-state index in [2.05, 4.69) is 5.32 Å². The third-order valence-electron chi connectivity index (χ3n) is 2.04. The fourth-order valence-corrected chi connectivity index (χ4v) is 1.38. The fourth-order valence-electron chi connectivity index (χ4n) is 1.18. The molecule has 0 aliphatic rings. The van der Waals surface area contributed by atoms with Crippen molar-refractivity contribution in [2.75, 3.05) is 6.61 Å². The Morgan fingerprint density at radius 3 is 2.88 bits per heavy atom. The molecule has 0 aromatic heterocycles. The lowest BCUT2D eigenvalue weighted by Crippen LogP contribution is -2.22. The first-order valence-corrected chi connectivity index (χ1v) is 5.32. The molecule has 0 spiro atoms. The van der Waals surface area contributed by atoms with Crippen molar-refractivity contribution in [3.63, 3.8) is 0 Å². The number of hydrogen-bond acceptors (Lipinski definition) is 2. The van der Waals surface area contributed by atoms with Gasteiger partial charge in [0.2, 0.25) is 5.91 Å². The Bertz CT molecular complexity index is 371. The van der Waals surface area contributed by atoms with Gasteiger partial charge in [-0.15, -0.1) is 0 Å². The molecule has 5 heteroatoms. The molecule has 0 aliphatic heterocycles. The Morgan fingerprint density at radius 1 is 1.50 bits per heavy atom. The van der Waals surface area contributed by atoms with Crippen molar-refractivity contribution in [3.8, 4) is 0 Å². The van der Waals surface area contributed by atoms with Crippen molar-refractivity contribution >= 4 is 17.5 Å². The summed E-state index contributed by atoms with van der Waals surface area (Å²) in [7, 11) is 0. The minimum atomic E-state index is -0.475. The van der Waals surface area contributed by atoms with Crippen LogP contribution in [0.1, 0.15) is 18.4 Å². The first-order chi connectivity index (χ1) is 7.63. The lowest BCUT2D eigenvalue weighted by molar-refractivity contribution is -0.121. The van der Waals surface area contributed by atoms with Gasteiger partial charge in [0, 0.05) is 19.6 Å². The van der Waals surface area contributed by atoms with E-state index in [1.54, 1.807) is 6.07 Å². The molecule has 1 aromatic rings. The van der Waals surface area contributed by atoms with Crippen molar-refractivity contribution < 1.29 is 14.3 Å². The molecule has 1 aromatic carbocycles. The second kappa shape index (κ2) is 6.45. The van der Waals surface area contributed by atoms with Gasteiger partial charge in [-0.1, -0.05) is 17.7 Å². The largest absolute Gasteiger partial charge is 0.396 e. The molecule has 0 aliphatic carbocycles. The van der Waals surface area contributed by atoms with Crippen LogP contribution >= 0.6 is 11.6 Å². The predicted octanol–water partition coefficient (Wildman–Crippen LogP) is 1.87. The minimum absolute atomic E-state index is 0.00417. The molecule has 1 rings (SSSR count). The number of carbonyl (C=O) groups is 1. The van der Waals surface area contributed by atoms with Crippen LogP contribution in [0, 0.1) is 5.82 Å².